The van der Waals surface area contributed by atoms with Crippen LogP contribution in [0.3, 0.4) is 0 Å². The molecular formula is C19H28N4O. The minimum absolute atomic E-state index is 0.136. The number of benzene rings is 1. The maximum Gasteiger partial charge on any atom is 0.237 e. The van der Waals surface area contributed by atoms with E-state index >= 15 is 0 Å². The van der Waals surface area contributed by atoms with E-state index in [0.29, 0.717) is 19.5 Å². The van der Waals surface area contributed by atoms with E-state index in [4.69, 9.17) is 5.26 Å². The van der Waals surface area contributed by atoms with Crippen LogP contribution in [0, 0.1) is 11.3 Å². The molecule has 0 bridgehead atoms. The molecule has 1 aliphatic heterocycles. The predicted molar refractivity (Wildman–Crippen MR) is 95.2 cm³/mol. The molecule has 1 aromatic carbocycles. The predicted octanol–water partition coefficient (Wildman–Crippen LogP) is 1.95. The van der Waals surface area contributed by atoms with E-state index in [-0.39, 0.29) is 11.9 Å². The van der Waals surface area contributed by atoms with Gasteiger partial charge in [-0.1, -0.05) is 30.3 Å². The van der Waals surface area contributed by atoms with Crippen molar-refractivity contribution in [3.05, 3.63) is 35.9 Å². The molecular weight excluding hydrogens is 300 g/mol. The third-order valence-corrected chi connectivity index (χ3v) is 4.48. The van der Waals surface area contributed by atoms with Crippen LogP contribution in [0.4, 0.5) is 0 Å². The molecule has 5 nitrogen and oxygen atoms in total. The lowest BCUT2D eigenvalue weighted by atomic mass is 10.2. The minimum atomic E-state index is 0.136. The molecule has 1 aromatic rings. The molecule has 130 valence electrons. The van der Waals surface area contributed by atoms with Crippen molar-refractivity contribution in [3.63, 3.8) is 0 Å². The van der Waals surface area contributed by atoms with E-state index in [1.807, 2.05) is 24.8 Å². The summed E-state index contributed by atoms with van der Waals surface area (Å²) in [5.41, 5.74) is 1.34. The van der Waals surface area contributed by atoms with Crippen molar-refractivity contribution < 1.29 is 4.79 Å². The molecule has 0 radical (unpaired) electrons. The van der Waals surface area contributed by atoms with E-state index < -0.39 is 0 Å². The van der Waals surface area contributed by atoms with Gasteiger partial charge in [0.05, 0.1) is 19.0 Å². The van der Waals surface area contributed by atoms with Gasteiger partial charge in [0.2, 0.25) is 5.91 Å². The highest BCUT2D eigenvalue weighted by molar-refractivity contribution is 5.78. The SMILES string of the molecule is CC(C)N(CCC#N)C(=O)CN1CCN(Cc2ccccc2)CC1. The average Bonchev–Trinajstić information content (AvgIpc) is 2.57. The summed E-state index contributed by atoms with van der Waals surface area (Å²) in [6, 6.07) is 12.8. The van der Waals surface area contributed by atoms with Crippen LogP contribution >= 0.6 is 0 Å². The number of carbonyl (C=O) groups is 1. The fourth-order valence-corrected chi connectivity index (χ4v) is 3.07. The molecule has 0 atom stereocenters. The smallest absolute Gasteiger partial charge is 0.237 e. The van der Waals surface area contributed by atoms with Gasteiger partial charge in [0.1, 0.15) is 0 Å². The normalized spacial score (nSPS) is 16.1. The van der Waals surface area contributed by atoms with Gasteiger partial charge in [-0.15, -0.1) is 0 Å². The second-order valence-corrected chi connectivity index (χ2v) is 6.63. The fraction of sp³-hybridized carbons (Fsp3) is 0.579. The van der Waals surface area contributed by atoms with Crippen LogP contribution < -0.4 is 0 Å². The zero-order valence-electron chi connectivity index (χ0n) is 14.8. The van der Waals surface area contributed by atoms with Crippen LogP contribution in [0.2, 0.25) is 0 Å². The van der Waals surface area contributed by atoms with Crippen molar-refractivity contribution in [2.45, 2.75) is 32.9 Å². The Morgan fingerprint density at radius 1 is 1.17 bits per heavy atom. The molecule has 0 saturated carbocycles. The van der Waals surface area contributed by atoms with Crippen LogP contribution in [0.5, 0.6) is 0 Å². The quantitative estimate of drug-likeness (QED) is 0.768. The monoisotopic (exact) mass is 328 g/mol. The largest absolute Gasteiger partial charge is 0.338 e. The summed E-state index contributed by atoms with van der Waals surface area (Å²) in [5.74, 6) is 0.136. The van der Waals surface area contributed by atoms with Gasteiger partial charge in [-0.25, -0.2) is 0 Å². The maximum atomic E-state index is 12.5. The Morgan fingerprint density at radius 2 is 1.79 bits per heavy atom. The average molecular weight is 328 g/mol. The molecule has 0 aliphatic carbocycles. The highest BCUT2D eigenvalue weighted by Crippen LogP contribution is 2.09. The number of nitrogens with zero attached hydrogens (tertiary/aromatic N) is 4. The molecule has 0 aromatic heterocycles. The van der Waals surface area contributed by atoms with Gasteiger partial charge < -0.3 is 4.90 Å². The van der Waals surface area contributed by atoms with Crippen molar-refractivity contribution in [3.8, 4) is 6.07 Å². The topological polar surface area (TPSA) is 50.6 Å². The first-order valence-corrected chi connectivity index (χ1v) is 8.75. The van der Waals surface area contributed by atoms with Crippen LogP contribution in [0.15, 0.2) is 30.3 Å². The highest BCUT2D eigenvalue weighted by Gasteiger charge is 2.22. The summed E-state index contributed by atoms with van der Waals surface area (Å²) in [5, 5.41) is 8.75. The molecule has 0 spiro atoms. The van der Waals surface area contributed by atoms with Gasteiger partial charge in [-0.2, -0.15) is 5.26 Å². The Kier molecular flexibility index (Phi) is 7.23. The third-order valence-electron chi connectivity index (χ3n) is 4.48. The van der Waals surface area contributed by atoms with Crippen LogP contribution in [-0.4, -0.2) is 65.9 Å². The fourth-order valence-electron chi connectivity index (χ4n) is 3.07. The molecule has 24 heavy (non-hydrogen) atoms. The second kappa shape index (κ2) is 9.41. The summed E-state index contributed by atoms with van der Waals surface area (Å²) in [7, 11) is 0. The Balaban J connectivity index is 1.77. The second-order valence-electron chi connectivity index (χ2n) is 6.63. The van der Waals surface area contributed by atoms with Crippen molar-refractivity contribution >= 4 is 5.91 Å². The number of piperazine rings is 1. The van der Waals surface area contributed by atoms with Gasteiger partial charge in [0.25, 0.3) is 0 Å². The van der Waals surface area contributed by atoms with Crippen LogP contribution in [-0.2, 0) is 11.3 Å². The van der Waals surface area contributed by atoms with Gasteiger partial charge in [-0.05, 0) is 19.4 Å². The number of hydrogen-bond acceptors (Lipinski definition) is 4. The van der Waals surface area contributed by atoms with Gasteiger partial charge >= 0.3 is 0 Å². The van der Waals surface area contributed by atoms with Crippen molar-refractivity contribution in [1.82, 2.24) is 14.7 Å². The number of amides is 1. The van der Waals surface area contributed by atoms with E-state index in [9.17, 15) is 4.79 Å². The highest BCUT2D eigenvalue weighted by atomic mass is 16.2. The first kappa shape index (κ1) is 18.4. The van der Waals surface area contributed by atoms with E-state index in [1.54, 1.807) is 0 Å². The maximum absolute atomic E-state index is 12.5. The first-order chi connectivity index (χ1) is 11.6. The van der Waals surface area contributed by atoms with E-state index in [2.05, 4.69) is 40.1 Å². The molecule has 1 saturated heterocycles. The molecule has 1 aliphatic rings. The van der Waals surface area contributed by atoms with Crippen molar-refractivity contribution in [2.24, 2.45) is 0 Å². The Hall–Kier alpha value is -1.90. The van der Waals surface area contributed by atoms with Gasteiger partial charge in [0.15, 0.2) is 0 Å². The Labute approximate surface area is 145 Å². The van der Waals surface area contributed by atoms with Crippen LogP contribution in [0.1, 0.15) is 25.8 Å². The molecule has 1 amide bonds. The molecule has 0 unspecified atom stereocenters. The van der Waals surface area contributed by atoms with Crippen molar-refractivity contribution in [1.29, 1.82) is 5.26 Å². The molecule has 0 N–H and O–H groups in total. The summed E-state index contributed by atoms with van der Waals surface area (Å²) in [6.45, 7) is 9.79. The van der Waals surface area contributed by atoms with Crippen molar-refractivity contribution in [2.75, 3.05) is 39.3 Å². The molecule has 1 heterocycles. The standard InChI is InChI=1S/C19H28N4O/c1-17(2)23(10-6-9-20)19(24)16-22-13-11-21(12-14-22)15-18-7-4-3-5-8-18/h3-5,7-8,17H,6,10-16H2,1-2H3. The molecule has 5 heteroatoms. The summed E-state index contributed by atoms with van der Waals surface area (Å²) in [4.78, 5) is 19.0. The lowest BCUT2D eigenvalue weighted by Gasteiger charge is -2.36. The first-order valence-electron chi connectivity index (χ1n) is 8.75. The van der Waals surface area contributed by atoms with Gasteiger partial charge in [0, 0.05) is 45.3 Å². The molecule has 2 rings (SSSR count). The summed E-state index contributed by atoms with van der Waals surface area (Å²) in [6.07, 6.45) is 0.398. The minimum Gasteiger partial charge on any atom is -0.338 e. The third kappa shape index (κ3) is 5.63. The summed E-state index contributed by atoms with van der Waals surface area (Å²) < 4.78 is 0. The lowest BCUT2D eigenvalue weighted by molar-refractivity contribution is -0.134. The lowest BCUT2D eigenvalue weighted by Crippen LogP contribution is -2.50. The number of hydrogen-bond donors (Lipinski definition) is 0. The van der Waals surface area contributed by atoms with Crippen LogP contribution in [0.25, 0.3) is 0 Å². The van der Waals surface area contributed by atoms with E-state index in [1.165, 1.54) is 5.56 Å². The van der Waals surface area contributed by atoms with Gasteiger partial charge in [-0.3, -0.25) is 14.6 Å². The van der Waals surface area contributed by atoms with E-state index in [0.717, 1.165) is 32.7 Å². The summed E-state index contributed by atoms with van der Waals surface area (Å²) >= 11 is 0. The zero-order chi connectivity index (χ0) is 17.4. The molecule has 1 fully saturated rings. The zero-order valence-corrected chi connectivity index (χ0v) is 14.8. The Morgan fingerprint density at radius 3 is 2.38 bits per heavy atom. The number of rotatable bonds is 7. The Bertz CT molecular complexity index is 544. The number of carbonyl (C=O) groups excluding carboxylic acids is 1. The number of nitriles is 1.